The number of anilines is 1. The van der Waals surface area contributed by atoms with Crippen molar-refractivity contribution in [1.29, 1.82) is 0 Å². The van der Waals surface area contributed by atoms with E-state index in [1.807, 2.05) is 48.5 Å². The van der Waals surface area contributed by atoms with Crippen molar-refractivity contribution in [3.05, 3.63) is 96.3 Å². The molecule has 0 spiro atoms. The molecule has 4 aromatic rings. The maximum absolute atomic E-state index is 13.9. The zero-order chi connectivity index (χ0) is 25.0. The summed E-state index contributed by atoms with van der Waals surface area (Å²) in [6.45, 7) is 3.72. The van der Waals surface area contributed by atoms with E-state index in [1.165, 1.54) is 12.1 Å². The zero-order valence-corrected chi connectivity index (χ0v) is 20.6. The third-order valence-corrected chi connectivity index (χ3v) is 7.15. The molecule has 1 amide bonds. The molecular weight excluding hydrogens is 462 g/mol. The Hall–Kier alpha value is -3.75. The SMILES string of the molecule is COc1ccccc1CN(C(=O)c1cccc(S(=O)(=O)NC(C)C)c1)c1cccc2cnccc12. The van der Waals surface area contributed by atoms with E-state index in [-0.39, 0.29) is 29.0 Å². The largest absolute Gasteiger partial charge is 0.496 e. The van der Waals surface area contributed by atoms with Crippen molar-refractivity contribution < 1.29 is 17.9 Å². The fourth-order valence-corrected chi connectivity index (χ4v) is 5.24. The van der Waals surface area contributed by atoms with E-state index in [4.69, 9.17) is 4.74 Å². The standard InChI is InChI=1S/C27H27N3O4S/c1-19(2)29-35(32,33)23-11-6-9-20(16-23)27(31)30(18-22-8-4-5-13-26(22)34-3)25-12-7-10-21-17-28-15-14-24(21)25/h4-17,19,29H,18H2,1-3H3. The molecule has 0 fully saturated rings. The van der Waals surface area contributed by atoms with Crippen molar-refractivity contribution in [3.63, 3.8) is 0 Å². The summed E-state index contributed by atoms with van der Waals surface area (Å²) in [5.74, 6) is 0.325. The van der Waals surface area contributed by atoms with Gasteiger partial charge >= 0.3 is 0 Å². The van der Waals surface area contributed by atoms with E-state index in [9.17, 15) is 13.2 Å². The van der Waals surface area contributed by atoms with Crippen molar-refractivity contribution >= 4 is 32.4 Å². The Balaban J connectivity index is 1.83. The summed E-state index contributed by atoms with van der Waals surface area (Å²) < 4.78 is 33.6. The van der Waals surface area contributed by atoms with Gasteiger partial charge in [-0.1, -0.05) is 36.4 Å². The van der Waals surface area contributed by atoms with Crippen LogP contribution < -0.4 is 14.4 Å². The smallest absolute Gasteiger partial charge is 0.258 e. The molecule has 0 aliphatic carbocycles. The molecule has 0 radical (unpaired) electrons. The van der Waals surface area contributed by atoms with Gasteiger partial charge in [0.2, 0.25) is 10.0 Å². The van der Waals surface area contributed by atoms with Crippen LogP contribution in [0.4, 0.5) is 5.69 Å². The average Bonchev–Trinajstić information content (AvgIpc) is 2.86. The molecule has 1 aromatic heterocycles. The van der Waals surface area contributed by atoms with Crippen LogP contribution in [0.2, 0.25) is 0 Å². The minimum atomic E-state index is -3.76. The number of hydrogen-bond donors (Lipinski definition) is 1. The zero-order valence-electron chi connectivity index (χ0n) is 19.8. The van der Waals surface area contributed by atoms with E-state index >= 15 is 0 Å². The van der Waals surface area contributed by atoms with Gasteiger partial charge in [-0.2, -0.15) is 0 Å². The molecule has 4 rings (SSSR count). The summed E-state index contributed by atoms with van der Waals surface area (Å²) >= 11 is 0. The number of amides is 1. The number of methoxy groups -OCH3 is 1. The highest BCUT2D eigenvalue weighted by atomic mass is 32.2. The van der Waals surface area contributed by atoms with Gasteiger partial charge < -0.3 is 9.64 Å². The van der Waals surface area contributed by atoms with E-state index in [2.05, 4.69) is 9.71 Å². The van der Waals surface area contributed by atoms with Crippen LogP contribution in [0.25, 0.3) is 10.8 Å². The summed E-state index contributed by atoms with van der Waals surface area (Å²) in [7, 11) is -2.17. The van der Waals surface area contributed by atoms with Crippen LogP contribution in [-0.4, -0.2) is 32.5 Å². The highest BCUT2D eigenvalue weighted by Crippen LogP contribution is 2.31. The molecule has 3 aromatic carbocycles. The van der Waals surface area contributed by atoms with Crippen LogP contribution >= 0.6 is 0 Å². The van der Waals surface area contributed by atoms with Crippen molar-refractivity contribution in [2.45, 2.75) is 31.3 Å². The number of ether oxygens (including phenoxy) is 1. The van der Waals surface area contributed by atoms with Gasteiger partial charge in [0.05, 0.1) is 24.2 Å². The summed E-state index contributed by atoms with van der Waals surface area (Å²) in [6.07, 6.45) is 3.43. The molecule has 0 aliphatic heterocycles. The maximum atomic E-state index is 13.9. The third kappa shape index (κ3) is 5.34. The predicted molar refractivity (Wildman–Crippen MR) is 137 cm³/mol. The number of sulfonamides is 1. The number of nitrogens with one attached hydrogen (secondary N) is 1. The summed E-state index contributed by atoms with van der Waals surface area (Å²) in [5, 5.41) is 1.75. The van der Waals surface area contributed by atoms with Crippen LogP contribution in [-0.2, 0) is 16.6 Å². The Morgan fingerprint density at radius 2 is 1.80 bits per heavy atom. The average molecular weight is 490 g/mol. The molecule has 0 atom stereocenters. The number of rotatable bonds is 8. The minimum absolute atomic E-state index is 0.0383. The quantitative estimate of drug-likeness (QED) is 0.385. The van der Waals surface area contributed by atoms with E-state index < -0.39 is 10.0 Å². The monoisotopic (exact) mass is 489 g/mol. The molecule has 0 aliphatic rings. The van der Waals surface area contributed by atoms with E-state index in [1.54, 1.807) is 50.4 Å². The number of benzene rings is 3. The van der Waals surface area contributed by atoms with Gasteiger partial charge in [0.1, 0.15) is 5.75 Å². The molecule has 0 saturated carbocycles. The summed E-state index contributed by atoms with van der Waals surface area (Å²) in [6, 6.07) is 20.9. The Kier molecular flexibility index (Phi) is 7.14. The van der Waals surface area contributed by atoms with Gasteiger partial charge in [0.25, 0.3) is 5.91 Å². The molecule has 180 valence electrons. The molecule has 7 nitrogen and oxygen atoms in total. The van der Waals surface area contributed by atoms with Gasteiger partial charge in [-0.3, -0.25) is 9.78 Å². The molecule has 0 saturated heterocycles. The molecule has 1 N–H and O–H groups in total. The second-order valence-electron chi connectivity index (χ2n) is 8.38. The second-order valence-corrected chi connectivity index (χ2v) is 10.1. The molecule has 35 heavy (non-hydrogen) atoms. The molecule has 0 bridgehead atoms. The first-order valence-electron chi connectivity index (χ1n) is 11.2. The first-order chi connectivity index (χ1) is 16.8. The topological polar surface area (TPSA) is 88.6 Å². The number of nitrogens with zero attached hydrogens (tertiary/aromatic N) is 2. The van der Waals surface area contributed by atoms with Gasteiger partial charge in [-0.25, -0.2) is 13.1 Å². The molecule has 1 heterocycles. The lowest BCUT2D eigenvalue weighted by atomic mass is 10.1. The third-order valence-electron chi connectivity index (χ3n) is 5.50. The van der Waals surface area contributed by atoms with E-state index in [0.717, 1.165) is 16.3 Å². The minimum Gasteiger partial charge on any atom is -0.496 e. The number of carbonyl (C=O) groups excluding carboxylic acids is 1. The van der Waals surface area contributed by atoms with Gasteiger partial charge in [-0.05, 0) is 50.2 Å². The molecule has 8 heteroatoms. The number of fused-ring (bicyclic) bond motifs is 1. The second kappa shape index (κ2) is 10.2. The summed E-state index contributed by atoms with van der Waals surface area (Å²) in [5.41, 5.74) is 1.77. The first-order valence-corrected chi connectivity index (χ1v) is 12.7. The van der Waals surface area contributed by atoms with Crippen molar-refractivity contribution in [2.24, 2.45) is 0 Å². The lowest BCUT2D eigenvalue weighted by Gasteiger charge is -2.25. The maximum Gasteiger partial charge on any atom is 0.258 e. The lowest BCUT2D eigenvalue weighted by molar-refractivity contribution is 0.0985. The van der Waals surface area contributed by atoms with Gasteiger partial charge in [0.15, 0.2) is 0 Å². The number of carbonyl (C=O) groups is 1. The predicted octanol–water partition coefficient (Wildman–Crippen LogP) is 4.78. The van der Waals surface area contributed by atoms with Crippen molar-refractivity contribution in [1.82, 2.24) is 9.71 Å². The number of pyridine rings is 1. The lowest BCUT2D eigenvalue weighted by Crippen LogP contribution is -2.32. The number of aromatic nitrogens is 1. The Morgan fingerprint density at radius 3 is 2.57 bits per heavy atom. The number of para-hydroxylation sites is 1. The summed E-state index contributed by atoms with van der Waals surface area (Å²) in [4.78, 5) is 19.8. The van der Waals surface area contributed by atoms with Crippen molar-refractivity contribution in [3.8, 4) is 5.75 Å². The van der Waals surface area contributed by atoms with Crippen LogP contribution in [0, 0.1) is 0 Å². The fourth-order valence-electron chi connectivity index (χ4n) is 3.94. The molecule has 0 unspecified atom stereocenters. The molecular formula is C27H27N3O4S. The van der Waals surface area contributed by atoms with Crippen LogP contribution in [0.15, 0.2) is 90.1 Å². The van der Waals surface area contributed by atoms with Gasteiger partial charge in [0, 0.05) is 40.3 Å². The fraction of sp³-hybridized carbons (Fsp3) is 0.185. The number of hydrogen-bond acceptors (Lipinski definition) is 5. The van der Waals surface area contributed by atoms with Crippen LogP contribution in [0.3, 0.4) is 0 Å². The first kappa shape index (κ1) is 24.4. The Morgan fingerprint density at radius 1 is 1.03 bits per heavy atom. The highest BCUT2D eigenvalue weighted by Gasteiger charge is 2.24. The van der Waals surface area contributed by atoms with E-state index in [0.29, 0.717) is 11.4 Å². The van der Waals surface area contributed by atoms with Crippen LogP contribution in [0.5, 0.6) is 5.75 Å². The Bertz CT molecular complexity index is 1460. The Labute approximate surface area is 205 Å². The van der Waals surface area contributed by atoms with Crippen LogP contribution in [0.1, 0.15) is 29.8 Å². The van der Waals surface area contributed by atoms with Crippen molar-refractivity contribution in [2.75, 3.05) is 12.0 Å². The normalized spacial score (nSPS) is 11.5. The van der Waals surface area contributed by atoms with Gasteiger partial charge in [-0.15, -0.1) is 0 Å². The highest BCUT2D eigenvalue weighted by molar-refractivity contribution is 7.89.